The predicted molar refractivity (Wildman–Crippen MR) is 118 cm³/mol. The highest BCUT2D eigenvalue weighted by molar-refractivity contribution is 5.83. The number of aliphatic hydroxyl groups excluding tert-OH is 1. The number of fused-ring (bicyclic) bond motifs is 3. The number of benzene rings is 2. The molecule has 2 aromatic carbocycles. The van der Waals surface area contributed by atoms with E-state index in [9.17, 15) is 9.90 Å². The lowest BCUT2D eigenvalue weighted by molar-refractivity contribution is 0.0543. The van der Waals surface area contributed by atoms with Crippen molar-refractivity contribution >= 4 is 11.0 Å². The Kier molecular flexibility index (Phi) is 6.21. The first-order valence-corrected chi connectivity index (χ1v) is 10.7. The van der Waals surface area contributed by atoms with E-state index in [-0.39, 0.29) is 12.2 Å². The summed E-state index contributed by atoms with van der Waals surface area (Å²) in [5.74, 6) is 0.599. The lowest BCUT2D eigenvalue weighted by atomic mass is 10.1. The van der Waals surface area contributed by atoms with Crippen LogP contribution in [-0.2, 0) is 19.4 Å². The van der Waals surface area contributed by atoms with Gasteiger partial charge in [0.2, 0.25) is 0 Å². The van der Waals surface area contributed by atoms with Gasteiger partial charge >= 0.3 is 5.63 Å². The Hall–Kier alpha value is -2.63. The summed E-state index contributed by atoms with van der Waals surface area (Å²) in [6.45, 7) is 5.73. The standard InChI is InChI=1S/C25H29NO4/c1-17(2)26(14-18-7-4-3-5-8-18)15-19(27)16-29-20-11-12-22-21-9-6-10-23(21)25(28)30-24(22)13-20/h3-5,7-8,11-13,17,19,27H,6,9-10,14-16H2,1-2H3. The van der Waals surface area contributed by atoms with Gasteiger partial charge in [-0.25, -0.2) is 4.79 Å². The van der Waals surface area contributed by atoms with Crippen LogP contribution in [0.25, 0.3) is 11.0 Å². The number of aryl methyl sites for hydroxylation is 1. The number of hydrogen-bond donors (Lipinski definition) is 1. The molecule has 1 aromatic heterocycles. The molecule has 1 atom stereocenters. The van der Waals surface area contributed by atoms with Gasteiger partial charge in [-0.05, 0) is 56.4 Å². The van der Waals surface area contributed by atoms with Crippen LogP contribution in [0.4, 0.5) is 0 Å². The Morgan fingerprint density at radius 1 is 1.10 bits per heavy atom. The SMILES string of the molecule is CC(C)N(Cc1ccccc1)CC(O)COc1ccc2c3c(c(=O)oc2c1)CCC3. The molecule has 158 valence electrons. The van der Waals surface area contributed by atoms with Crippen molar-refractivity contribution in [3.8, 4) is 5.75 Å². The lowest BCUT2D eigenvalue weighted by Crippen LogP contribution is -2.39. The number of hydrogen-bond acceptors (Lipinski definition) is 5. The molecule has 30 heavy (non-hydrogen) atoms. The van der Waals surface area contributed by atoms with Gasteiger partial charge in [0.1, 0.15) is 24.0 Å². The molecule has 0 bridgehead atoms. The molecule has 3 aromatic rings. The van der Waals surface area contributed by atoms with Crippen molar-refractivity contribution in [2.75, 3.05) is 13.2 Å². The predicted octanol–water partition coefficient (Wildman–Crippen LogP) is 3.93. The van der Waals surface area contributed by atoms with Crippen LogP contribution in [-0.4, -0.2) is 35.3 Å². The highest BCUT2D eigenvalue weighted by Crippen LogP contribution is 2.29. The molecule has 0 aliphatic heterocycles. The Labute approximate surface area is 176 Å². The topological polar surface area (TPSA) is 62.9 Å². The van der Waals surface area contributed by atoms with Crippen LogP contribution in [0.5, 0.6) is 5.75 Å². The van der Waals surface area contributed by atoms with Crippen LogP contribution in [0.15, 0.2) is 57.7 Å². The van der Waals surface area contributed by atoms with Gasteiger partial charge in [-0.3, -0.25) is 4.90 Å². The third-order valence-electron chi connectivity index (χ3n) is 5.79. The highest BCUT2D eigenvalue weighted by atomic mass is 16.5. The van der Waals surface area contributed by atoms with Gasteiger partial charge < -0.3 is 14.3 Å². The number of nitrogens with zero attached hydrogens (tertiary/aromatic N) is 1. The van der Waals surface area contributed by atoms with Gasteiger partial charge in [-0.2, -0.15) is 0 Å². The van der Waals surface area contributed by atoms with Crippen LogP contribution in [0.1, 0.15) is 37.0 Å². The quantitative estimate of drug-likeness (QED) is 0.573. The number of aliphatic hydroxyl groups is 1. The largest absolute Gasteiger partial charge is 0.491 e. The van der Waals surface area contributed by atoms with Crippen molar-refractivity contribution < 1.29 is 14.3 Å². The molecule has 1 N–H and O–H groups in total. The first kappa shape index (κ1) is 20.6. The average Bonchev–Trinajstić information content (AvgIpc) is 3.23. The lowest BCUT2D eigenvalue weighted by Gasteiger charge is -2.28. The summed E-state index contributed by atoms with van der Waals surface area (Å²) < 4.78 is 11.3. The summed E-state index contributed by atoms with van der Waals surface area (Å²) in [5.41, 5.74) is 3.47. The maximum atomic E-state index is 12.2. The van der Waals surface area contributed by atoms with E-state index in [1.165, 1.54) is 5.56 Å². The second-order valence-corrected chi connectivity index (χ2v) is 8.33. The van der Waals surface area contributed by atoms with E-state index in [4.69, 9.17) is 9.15 Å². The van der Waals surface area contributed by atoms with Gasteiger partial charge in [0.15, 0.2) is 0 Å². The molecule has 5 heteroatoms. The molecule has 1 heterocycles. The fourth-order valence-corrected chi connectivity index (χ4v) is 4.15. The normalized spacial score (nSPS) is 14.4. The summed E-state index contributed by atoms with van der Waals surface area (Å²) >= 11 is 0. The molecule has 0 saturated carbocycles. The summed E-state index contributed by atoms with van der Waals surface area (Å²) in [6.07, 6.45) is 2.09. The third kappa shape index (κ3) is 4.58. The van der Waals surface area contributed by atoms with Gasteiger partial charge in [0, 0.05) is 36.1 Å². The highest BCUT2D eigenvalue weighted by Gasteiger charge is 2.20. The zero-order valence-electron chi connectivity index (χ0n) is 17.6. The van der Waals surface area contributed by atoms with Crippen molar-refractivity contribution in [1.82, 2.24) is 4.90 Å². The van der Waals surface area contributed by atoms with Crippen LogP contribution in [0, 0.1) is 0 Å². The van der Waals surface area contributed by atoms with Crippen molar-refractivity contribution in [1.29, 1.82) is 0 Å². The van der Waals surface area contributed by atoms with E-state index in [0.29, 0.717) is 23.9 Å². The molecule has 1 unspecified atom stereocenters. The second-order valence-electron chi connectivity index (χ2n) is 8.33. The Morgan fingerprint density at radius 3 is 2.63 bits per heavy atom. The van der Waals surface area contributed by atoms with Crippen molar-refractivity contribution in [3.63, 3.8) is 0 Å². The summed E-state index contributed by atoms with van der Waals surface area (Å²) in [4.78, 5) is 14.4. The van der Waals surface area contributed by atoms with Crippen molar-refractivity contribution in [3.05, 3.63) is 75.6 Å². The molecule has 4 rings (SSSR count). The minimum Gasteiger partial charge on any atom is -0.491 e. The monoisotopic (exact) mass is 407 g/mol. The summed E-state index contributed by atoms with van der Waals surface area (Å²) in [7, 11) is 0. The third-order valence-corrected chi connectivity index (χ3v) is 5.79. The summed E-state index contributed by atoms with van der Waals surface area (Å²) in [5, 5.41) is 11.5. The van der Waals surface area contributed by atoms with Gasteiger partial charge in [0.05, 0.1) is 0 Å². The fourth-order valence-electron chi connectivity index (χ4n) is 4.15. The fraction of sp³-hybridized carbons (Fsp3) is 0.400. The summed E-state index contributed by atoms with van der Waals surface area (Å²) in [6, 6.07) is 16.2. The molecule has 0 saturated heterocycles. The first-order chi connectivity index (χ1) is 14.5. The zero-order chi connectivity index (χ0) is 21.1. The minimum atomic E-state index is -0.626. The first-order valence-electron chi connectivity index (χ1n) is 10.7. The van der Waals surface area contributed by atoms with E-state index in [2.05, 4.69) is 30.9 Å². The van der Waals surface area contributed by atoms with Gasteiger partial charge in [0.25, 0.3) is 0 Å². The minimum absolute atomic E-state index is 0.179. The smallest absolute Gasteiger partial charge is 0.339 e. The molecule has 1 aliphatic carbocycles. The van der Waals surface area contributed by atoms with E-state index >= 15 is 0 Å². The molecule has 0 spiro atoms. The molecule has 5 nitrogen and oxygen atoms in total. The number of ether oxygens (including phenoxy) is 1. The molecule has 0 radical (unpaired) electrons. The molecular formula is C25H29NO4. The van der Waals surface area contributed by atoms with Crippen molar-refractivity contribution in [2.45, 2.75) is 51.8 Å². The van der Waals surface area contributed by atoms with E-state index in [1.807, 2.05) is 30.3 Å². The molecular weight excluding hydrogens is 378 g/mol. The van der Waals surface area contributed by atoms with Gasteiger partial charge in [-0.15, -0.1) is 0 Å². The van der Waals surface area contributed by atoms with E-state index in [0.717, 1.165) is 42.3 Å². The zero-order valence-corrected chi connectivity index (χ0v) is 17.6. The Bertz CT molecular complexity index is 1060. The van der Waals surface area contributed by atoms with Crippen LogP contribution >= 0.6 is 0 Å². The molecule has 1 aliphatic rings. The maximum absolute atomic E-state index is 12.2. The number of rotatable bonds is 8. The molecule has 0 amide bonds. The second kappa shape index (κ2) is 9.02. The average molecular weight is 408 g/mol. The van der Waals surface area contributed by atoms with Crippen LogP contribution in [0.2, 0.25) is 0 Å². The Morgan fingerprint density at radius 2 is 1.87 bits per heavy atom. The van der Waals surface area contributed by atoms with Gasteiger partial charge in [-0.1, -0.05) is 30.3 Å². The van der Waals surface area contributed by atoms with Crippen LogP contribution < -0.4 is 10.4 Å². The van der Waals surface area contributed by atoms with E-state index in [1.54, 1.807) is 6.07 Å². The van der Waals surface area contributed by atoms with Crippen molar-refractivity contribution in [2.24, 2.45) is 0 Å². The maximum Gasteiger partial charge on any atom is 0.339 e. The van der Waals surface area contributed by atoms with E-state index < -0.39 is 6.10 Å². The Balaban J connectivity index is 1.40. The molecule has 0 fully saturated rings. The van der Waals surface area contributed by atoms with Crippen LogP contribution in [0.3, 0.4) is 0 Å².